The molecule has 0 aliphatic heterocycles. The second-order valence-corrected chi connectivity index (χ2v) is 4.72. The fourth-order valence-electron chi connectivity index (χ4n) is 1.62. The Hall–Kier alpha value is -1.42. The molecule has 0 fully saturated rings. The molecule has 88 valence electrons. The van der Waals surface area contributed by atoms with Crippen molar-refractivity contribution in [2.24, 2.45) is 0 Å². The van der Waals surface area contributed by atoms with E-state index >= 15 is 0 Å². The van der Waals surface area contributed by atoms with Gasteiger partial charge < -0.3 is 5.32 Å². The summed E-state index contributed by atoms with van der Waals surface area (Å²) in [7, 11) is 0. The summed E-state index contributed by atoms with van der Waals surface area (Å²) in [4.78, 5) is 8.50. The zero-order valence-corrected chi connectivity index (χ0v) is 11.5. The molecule has 3 nitrogen and oxygen atoms in total. The summed E-state index contributed by atoms with van der Waals surface area (Å²) in [6.45, 7) is 4.76. The summed E-state index contributed by atoms with van der Waals surface area (Å²) in [5.41, 5.74) is 2.56. The Kier molecular flexibility index (Phi) is 3.74. The van der Waals surface area contributed by atoms with Crippen molar-refractivity contribution >= 4 is 21.7 Å². The lowest BCUT2D eigenvalue weighted by Crippen LogP contribution is -2.04. The van der Waals surface area contributed by atoms with Crippen LogP contribution in [0.25, 0.3) is 0 Å². The van der Waals surface area contributed by atoms with Crippen LogP contribution in [0.4, 0.5) is 5.82 Å². The van der Waals surface area contributed by atoms with Crippen molar-refractivity contribution in [3.63, 3.8) is 0 Å². The van der Waals surface area contributed by atoms with E-state index in [0.717, 1.165) is 22.8 Å². The molecule has 4 heteroatoms. The first-order valence-corrected chi connectivity index (χ1v) is 6.24. The van der Waals surface area contributed by atoms with Gasteiger partial charge in [-0.2, -0.15) is 0 Å². The van der Waals surface area contributed by atoms with E-state index in [1.54, 1.807) is 0 Å². The Morgan fingerprint density at radius 1 is 1.18 bits per heavy atom. The topological polar surface area (TPSA) is 37.8 Å². The summed E-state index contributed by atoms with van der Waals surface area (Å²) >= 11 is 3.36. The van der Waals surface area contributed by atoms with Crippen molar-refractivity contribution in [1.82, 2.24) is 9.97 Å². The summed E-state index contributed by atoms with van der Waals surface area (Å²) in [5, 5.41) is 3.30. The lowest BCUT2D eigenvalue weighted by atomic mass is 10.1. The molecular formula is C13H14BrN3. The third kappa shape index (κ3) is 3.27. The van der Waals surface area contributed by atoms with Gasteiger partial charge in [-0.15, -0.1) is 0 Å². The van der Waals surface area contributed by atoms with Gasteiger partial charge in [-0.25, -0.2) is 9.97 Å². The molecule has 0 aliphatic rings. The van der Waals surface area contributed by atoms with E-state index < -0.39 is 0 Å². The lowest BCUT2D eigenvalue weighted by molar-refractivity contribution is 1.00. The van der Waals surface area contributed by atoms with Crippen LogP contribution in [0.3, 0.4) is 0 Å². The zero-order chi connectivity index (χ0) is 12.3. The maximum Gasteiger partial charge on any atom is 0.131 e. The van der Waals surface area contributed by atoms with Gasteiger partial charge in [0.15, 0.2) is 0 Å². The molecule has 0 bridgehead atoms. The molecule has 0 amide bonds. The fourth-order valence-corrected chi connectivity index (χ4v) is 2.09. The number of aromatic nitrogens is 2. The van der Waals surface area contributed by atoms with Gasteiger partial charge in [-0.1, -0.05) is 24.3 Å². The van der Waals surface area contributed by atoms with Crippen molar-refractivity contribution in [3.05, 3.63) is 51.9 Å². The number of rotatable bonds is 3. The van der Waals surface area contributed by atoms with E-state index in [1.165, 1.54) is 11.1 Å². The Morgan fingerprint density at radius 3 is 2.65 bits per heavy atom. The number of aryl methyl sites for hydroxylation is 2. The summed E-state index contributed by atoms with van der Waals surface area (Å²) in [6.07, 6.45) is 0. The van der Waals surface area contributed by atoms with E-state index in [0.29, 0.717) is 0 Å². The molecule has 0 saturated carbocycles. The molecule has 17 heavy (non-hydrogen) atoms. The predicted octanol–water partition coefficient (Wildman–Crippen LogP) is 3.47. The Labute approximate surface area is 109 Å². The first-order valence-electron chi connectivity index (χ1n) is 5.45. The maximum atomic E-state index is 4.33. The predicted molar refractivity (Wildman–Crippen MR) is 73.0 cm³/mol. The Balaban J connectivity index is 2.10. The van der Waals surface area contributed by atoms with Gasteiger partial charge in [0.25, 0.3) is 0 Å². The zero-order valence-electron chi connectivity index (χ0n) is 9.87. The van der Waals surface area contributed by atoms with Crippen LogP contribution in [0, 0.1) is 13.8 Å². The number of nitrogens with zero attached hydrogens (tertiary/aromatic N) is 2. The molecule has 0 atom stereocenters. The average Bonchev–Trinajstić information content (AvgIpc) is 2.27. The third-order valence-electron chi connectivity index (χ3n) is 2.53. The van der Waals surface area contributed by atoms with E-state index in [-0.39, 0.29) is 0 Å². The molecule has 0 unspecified atom stereocenters. The van der Waals surface area contributed by atoms with E-state index in [9.17, 15) is 0 Å². The van der Waals surface area contributed by atoms with Crippen molar-refractivity contribution in [2.45, 2.75) is 20.4 Å². The van der Waals surface area contributed by atoms with Crippen molar-refractivity contribution in [3.8, 4) is 0 Å². The highest BCUT2D eigenvalue weighted by molar-refractivity contribution is 9.10. The lowest BCUT2D eigenvalue weighted by Gasteiger charge is -2.08. The molecule has 1 N–H and O–H groups in total. The minimum atomic E-state index is 0.756. The molecule has 1 aromatic carbocycles. The minimum Gasteiger partial charge on any atom is -0.366 e. The van der Waals surface area contributed by atoms with Gasteiger partial charge in [0.1, 0.15) is 16.2 Å². The molecule has 1 heterocycles. The largest absolute Gasteiger partial charge is 0.366 e. The van der Waals surface area contributed by atoms with Crippen LogP contribution in [0.2, 0.25) is 0 Å². The van der Waals surface area contributed by atoms with Crippen LogP contribution in [0.15, 0.2) is 34.9 Å². The highest BCUT2D eigenvalue weighted by Crippen LogP contribution is 2.14. The molecule has 0 spiro atoms. The summed E-state index contributed by atoms with van der Waals surface area (Å²) in [5.74, 6) is 1.60. The van der Waals surface area contributed by atoms with Gasteiger partial charge in [0, 0.05) is 12.6 Å². The number of anilines is 1. The number of benzene rings is 1. The van der Waals surface area contributed by atoms with E-state index in [1.807, 2.05) is 25.1 Å². The van der Waals surface area contributed by atoms with Gasteiger partial charge in [0.05, 0.1) is 0 Å². The van der Waals surface area contributed by atoms with Gasteiger partial charge >= 0.3 is 0 Å². The monoisotopic (exact) mass is 291 g/mol. The standard InChI is InChI=1S/C13H14BrN3/c1-9-5-3-4-6-11(9)8-15-13-7-12(14)16-10(2)17-13/h3-7H,8H2,1-2H3,(H,15,16,17). The van der Waals surface area contributed by atoms with Crippen LogP contribution in [0.1, 0.15) is 17.0 Å². The van der Waals surface area contributed by atoms with Crippen LogP contribution < -0.4 is 5.32 Å². The quantitative estimate of drug-likeness (QED) is 0.880. The van der Waals surface area contributed by atoms with Crippen LogP contribution in [-0.4, -0.2) is 9.97 Å². The number of hydrogen-bond donors (Lipinski definition) is 1. The molecule has 2 rings (SSSR count). The smallest absolute Gasteiger partial charge is 0.131 e. The first kappa shape index (κ1) is 12.0. The molecule has 0 saturated heterocycles. The van der Waals surface area contributed by atoms with Crippen molar-refractivity contribution in [1.29, 1.82) is 0 Å². The minimum absolute atomic E-state index is 0.756. The molecular weight excluding hydrogens is 278 g/mol. The van der Waals surface area contributed by atoms with Gasteiger partial charge in [0.2, 0.25) is 0 Å². The van der Waals surface area contributed by atoms with Crippen LogP contribution >= 0.6 is 15.9 Å². The molecule has 2 aromatic rings. The highest BCUT2D eigenvalue weighted by atomic mass is 79.9. The molecule has 1 aromatic heterocycles. The number of nitrogens with one attached hydrogen (secondary N) is 1. The number of hydrogen-bond acceptors (Lipinski definition) is 3. The first-order chi connectivity index (χ1) is 8.15. The summed E-state index contributed by atoms with van der Waals surface area (Å²) < 4.78 is 0.803. The van der Waals surface area contributed by atoms with E-state index in [4.69, 9.17) is 0 Å². The Morgan fingerprint density at radius 2 is 1.94 bits per heavy atom. The molecule has 0 aliphatic carbocycles. The van der Waals surface area contributed by atoms with Gasteiger partial charge in [-0.05, 0) is 40.9 Å². The second kappa shape index (κ2) is 5.27. The third-order valence-corrected chi connectivity index (χ3v) is 2.93. The summed E-state index contributed by atoms with van der Waals surface area (Å²) in [6, 6.07) is 10.2. The highest BCUT2D eigenvalue weighted by Gasteiger charge is 2.01. The molecule has 0 radical (unpaired) electrons. The van der Waals surface area contributed by atoms with E-state index in [2.05, 4.69) is 50.3 Å². The SMILES string of the molecule is Cc1nc(Br)cc(NCc2ccccc2C)n1. The van der Waals surface area contributed by atoms with Crippen LogP contribution in [-0.2, 0) is 6.54 Å². The van der Waals surface area contributed by atoms with Crippen molar-refractivity contribution in [2.75, 3.05) is 5.32 Å². The normalized spacial score (nSPS) is 10.3. The maximum absolute atomic E-state index is 4.33. The Bertz CT molecular complexity index is 506. The van der Waals surface area contributed by atoms with Crippen molar-refractivity contribution < 1.29 is 0 Å². The van der Waals surface area contributed by atoms with Gasteiger partial charge in [-0.3, -0.25) is 0 Å². The second-order valence-electron chi connectivity index (χ2n) is 3.90. The number of halogens is 1. The fraction of sp³-hybridized carbons (Fsp3) is 0.231. The average molecular weight is 292 g/mol. The van der Waals surface area contributed by atoms with Crippen LogP contribution in [0.5, 0.6) is 0 Å².